The predicted molar refractivity (Wildman–Crippen MR) is 80.3 cm³/mol. The van der Waals surface area contributed by atoms with Crippen LogP contribution in [0.2, 0.25) is 0 Å². The van der Waals surface area contributed by atoms with E-state index in [0.29, 0.717) is 24.5 Å². The highest BCUT2D eigenvalue weighted by Gasteiger charge is 2.09. The summed E-state index contributed by atoms with van der Waals surface area (Å²) in [4.78, 5) is 11.9. The molecule has 0 radical (unpaired) electrons. The molecule has 112 valence electrons. The monoisotopic (exact) mass is 288 g/mol. The van der Waals surface area contributed by atoms with Gasteiger partial charge in [0.25, 0.3) is 5.91 Å². The van der Waals surface area contributed by atoms with E-state index in [-0.39, 0.29) is 12.5 Å². The summed E-state index contributed by atoms with van der Waals surface area (Å²) in [5, 5.41) is 2.78. The lowest BCUT2D eigenvalue weighted by atomic mass is 10.1. The van der Waals surface area contributed by atoms with E-state index in [9.17, 15) is 4.79 Å². The fourth-order valence-corrected chi connectivity index (χ4v) is 2.05. The third-order valence-electron chi connectivity index (χ3n) is 3.16. The maximum Gasteiger partial charge on any atom is 0.254 e. The van der Waals surface area contributed by atoms with E-state index in [4.69, 9.17) is 14.9 Å². The van der Waals surface area contributed by atoms with E-state index in [1.54, 1.807) is 6.07 Å². The number of aryl methyl sites for hydroxylation is 2. The zero-order valence-electron chi connectivity index (χ0n) is 12.3. The summed E-state index contributed by atoms with van der Waals surface area (Å²) in [6.45, 7) is 5.12. The van der Waals surface area contributed by atoms with Gasteiger partial charge in [-0.15, -0.1) is 0 Å². The van der Waals surface area contributed by atoms with Crippen molar-refractivity contribution >= 4 is 5.91 Å². The zero-order valence-corrected chi connectivity index (χ0v) is 12.3. The Kier molecular flexibility index (Phi) is 5.00. The Morgan fingerprint density at radius 1 is 1.33 bits per heavy atom. The van der Waals surface area contributed by atoms with E-state index >= 15 is 0 Å². The summed E-state index contributed by atoms with van der Waals surface area (Å²) >= 11 is 0. The largest absolute Gasteiger partial charge is 0.491 e. The SMILES string of the molecule is Cc1cccc(C)c1OCCNC(=O)c1coc(CN)c1. The maximum absolute atomic E-state index is 11.9. The van der Waals surface area contributed by atoms with Gasteiger partial charge in [0, 0.05) is 0 Å². The van der Waals surface area contributed by atoms with Gasteiger partial charge >= 0.3 is 0 Å². The molecule has 0 aliphatic heterocycles. The summed E-state index contributed by atoms with van der Waals surface area (Å²) in [6, 6.07) is 7.64. The molecule has 1 aromatic heterocycles. The molecular formula is C16H20N2O3. The number of carbonyl (C=O) groups is 1. The van der Waals surface area contributed by atoms with Crippen LogP contribution in [0.1, 0.15) is 27.2 Å². The second kappa shape index (κ2) is 6.95. The van der Waals surface area contributed by atoms with Crippen molar-refractivity contribution in [3.05, 3.63) is 53.0 Å². The van der Waals surface area contributed by atoms with Crippen molar-refractivity contribution in [3.8, 4) is 5.75 Å². The molecule has 0 spiro atoms. The minimum atomic E-state index is -0.191. The minimum Gasteiger partial charge on any atom is -0.491 e. The van der Waals surface area contributed by atoms with Crippen molar-refractivity contribution in [2.45, 2.75) is 20.4 Å². The van der Waals surface area contributed by atoms with Crippen LogP contribution in [-0.2, 0) is 6.54 Å². The smallest absolute Gasteiger partial charge is 0.254 e. The van der Waals surface area contributed by atoms with E-state index in [0.717, 1.165) is 16.9 Å². The van der Waals surface area contributed by atoms with Gasteiger partial charge < -0.3 is 20.2 Å². The number of benzene rings is 1. The number of ether oxygens (including phenoxy) is 1. The second-order valence-electron chi connectivity index (χ2n) is 4.83. The van der Waals surface area contributed by atoms with Crippen molar-refractivity contribution in [2.75, 3.05) is 13.2 Å². The average molecular weight is 288 g/mol. The van der Waals surface area contributed by atoms with Crippen molar-refractivity contribution < 1.29 is 13.9 Å². The van der Waals surface area contributed by atoms with E-state index in [1.165, 1.54) is 6.26 Å². The lowest BCUT2D eigenvalue weighted by Gasteiger charge is -2.12. The topological polar surface area (TPSA) is 77.5 Å². The van der Waals surface area contributed by atoms with E-state index in [2.05, 4.69) is 5.32 Å². The van der Waals surface area contributed by atoms with Gasteiger partial charge in [-0.1, -0.05) is 18.2 Å². The predicted octanol–water partition coefficient (Wildman–Crippen LogP) is 2.16. The Morgan fingerprint density at radius 3 is 2.67 bits per heavy atom. The lowest BCUT2D eigenvalue weighted by Crippen LogP contribution is -2.27. The van der Waals surface area contributed by atoms with Crippen LogP contribution >= 0.6 is 0 Å². The third kappa shape index (κ3) is 3.86. The summed E-state index contributed by atoms with van der Waals surface area (Å²) in [5.74, 6) is 1.27. The van der Waals surface area contributed by atoms with Gasteiger partial charge in [0.2, 0.25) is 0 Å². The summed E-state index contributed by atoms with van der Waals surface area (Å²) in [6.07, 6.45) is 1.41. The Morgan fingerprint density at radius 2 is 2.05 bits per heavy atom. The number of carbonyl (C=O) groups excluding carboxylic acids is 1. The van der Waals surface area contributed by atoms with Crippen LogP contribution in [0.5, 0.6) is 5.75 Å². The standard InChI is InChI=1S/C16H20N2O3/c1-11-4-3-5-12(2)15(11)20-7-6-18-16(19)13-8-14(9-17)21-10-13/h3-5,8,10H,6-7,9,17H2,1-2H3,(H,18,19). The molecule has 0 aliphatic carbocycles. The number of para-hydroxylation sites is 1. The first-order valence-corrected chi connectivity index (χ1v) is 6.86. The number of nitrogens with one attached hydrogen (secondary N) is 1. The van der Waals surface area contributed by atoms with Gasteiger partial charge in [0.05, 0.1) is 18.7 Å². The highest BCUT2D eigenvalue weighted by atomic mass is 16.5. The molecule has 0 unspecified atom stereocenters. The third-order valence-corrected chi connectivity index (χ3v) is 3.16. The first-order chi connectivity index (χ1) is 10.1. The second-order valence-corrected chi connectivity index (χ2v) is 4.83. The molecule has 0 saturated heterocycles. The molecule has 0 fully saturated rings. The number of hydrogen-bond acceptors (Lipinski definition) is 4. The van der Waals surface area contributed by atoms with Crippen molar-refractivity contribution in [2.24, 2.45) is 5.73 Å². The lowest BCUT2D eigenvalue weighted by molar-refractivity contribution is 0.0946. The Hall–Kier alpha value is -2.27. The fraction of sp³-hybridized carbons (Fsp3) is 0.312. The highest BCUT2D eigenvalue weighted by molar-refractivity contribution is 5.93. The molecule has 5 heteroatoms. The minimum absolute atomic E-state index is 0.191. The van der Waals surface area contributed by atoms with Crippen LogP contribution in [-0.4, -0.2) is 19.1 Å². The molecule has 1 heterocycles. The Balaban J connectivity index is 1.80. The molecule has 1 amide bonds. The van der Waals surface area contributed by atoms with Gasteiger partial charge in [-0.05, 0) is 31.0 Å². The number of nitrogens with two attached hydrogens (primary N) is 1. The summed E-state index contributed by atoms with van der Waals surface area (Å²) < 4.78 is 10.8. The number of amides is 1. The van der Waals surface area contributed by atoms with Crippen molar-refractivity contribution in [1.82, 2.24) is 5.32 Å². The molecule has 3 N–H and O–H groups in total. The van der Waals surface area contributed by atoms with Gasteiger partial charge in [-0.2, -0.15) is 0 Å². The molecule has 0 saturated carbocycles. The zero-order chi connectivity index (χ0) is 15.2. The number of furan rings is 1. The fourth-order valence-electron chi connectivity index (χ4n) is 2.05. The molecule has 1 aromatic carbocycles. The highest BCUT2D eigenvalue weighted by Crippen LogP contribution is 2.21. The molecule has 21 heavy (non-hydrogen) atoms. The average Bonchev–Trinajstić information content (AvgIpc) is 2.95. The summed E-state index contributed by atoms with van der Waals surface area (Å²) in [5.41, 5.74) is 8.08. The van der Waals surface area contributed by atoms with Crippen LogP contribution in [0.15, 0.2) is 34.9 Å². The van der Waals surface area contributed by atoms with Crippen LogP contribution < -0.4 is 15.8 Å². The van der Waals surface area contributed by atoms with Crippen LogP contribution in [0.3, 0.4) is 0 Å². The van der Waals surface area contributed by atoms with Gasteiger partial charge in [-0.3, -0.25) is 4.79 Å². The van der Waals surface area contributed by atoms with Crippen LogP contribution in [0.25, 0.3) is 0 Å². The quantitative estimate of drug-likeness (QED) is 0.799. The van der Waals surface area contributed by atoms with Gasteiger partial charge in [0.15, 0.2) is 0 Å². The Bertz CT molecular complexity index is 599. The molecule has 2 aromatic rings. The van der Waals surface area contributed by atoms with Gasteiger partial charge in [-0.25, -0.2) is 0 Å². The van der Waals surface area contributed by atoms with Crippen molar-refractivity contribution in [3.63, 3.8) is 0 Å². The molecule has 0 bridgehead atoms. The first kappa shape index (κ1) is 15.1. The maximum atomic E-state index is 11.9. The van der Waals surface area contributed by atoms with Crippen LogP contribution in [0, 0.1) is 13.8 Å². The van der Waals surface area contributed by atoms with Crippen LogP contribution in [0.4, 0.5) is 0 Å². The first-order valence-electron chi connectivity index (χ1n) is 6.86. The summed E-state index contributed by atoms with van der Waals surface area (Å²) in [7, 11) is 0. The normalized spacial score (nSPS) is 10.4. The number of hydrogen-bond donors (Lipinski definition) is 2. The molecular weight excluding hydrogens is 268 g/mol. The number of rotatable bonds is 6. The van der Waals surface area contributed by atoms with E-state index in [1.807, 2.05) is 32.0 Å². The molecule has 0 atom stereocenters. The van der Waals surface area contributed by atoms with Crippen molar-refractivity contribution in [1.29, 1.82) is 0 Å². The Labute approximate surface area is 124 Å². The van der Waals surface area contributed by atoms with Gasteiger partial charge in [0.1, 0.15) is 24.4 Å². The molecule has 0 aliphatic rings. The molecule has 5 nitrogen and oxygen atoms in total. The molecule has 2 rings (SSSR count). The van der Waals surface area contributed by atoms with E-state index < -0.39 is 0 Å².